The Hall–Kier alpha value is -2.16. The average molecular weight is 303 g/mol. The summed E-state index contributed by atoms with van der Waals surface area (Å²) in [6.07, 6.45) is 0.361. The molecule has 0 atom stereocenters. The van der Waals surface area contributed by atoms with Gasteiger partial charge < -0.3 is 10.4 Å². The van der Waals surface area contributed by atoms with Crippen LogP contribution in [0.1, 0.15) is 27.2 Å². The SMILES string of the molecule is Cc1cc(F)cc(NC(=O)c2sccc2C#CCCO)c1. The summed E-state index contributed by atoms with van der Waals surface area (Å²) in [5, 5.41) is 13.1. The molecule has 3 nitrogen and oxygen atoms in total. The van der Waals surface area contributed by atoms with Crippen LogP contribution in [0.5, 0.6) is 0 Å². The zero-order valence-electron chi connectivity index (χ0n) is 11.4. The Balaban J connectivity index is 2.18. The van der Waals surface area contributed by atoms with E-state index in [1.165, 1.54) is 23.5 Å². The van der Waals surface area contributed by atoms with Crippen molar-refractivity contribution >= 4 is 22.9 Å². The first-order valence-corrected chi connectivity index (χ1v) is 7.24. The minimum absolute atomic E-state index is 0.0127. The van der Waals surface area contributed by atoms with E-state index in [1.807, 2.05) is 0 Å². The number of anilines is 1. The number of thiophene rings is 1. The third-order valence-electron chi connectivity index (χ3n) is 2.63. The first-order valence-electron chi connectivity index (χ1n) is 6.36. The molecule has 2 rings (SSSR count). The Kier molecular flexibility index (Phi) is 5.09. The van der Waals surface area contributed by atoms with Gasteiger partial charge >= 0.3 is 0 Å². The zero-order valence-corrected chi connectivity index (χ0v) is 12.3. The number of hydrogen-bond acceptors (Lipinski definition) is 3. The Morgan fingerprint density at radius 1 is 1.43 bits per heavy atom. The maximum atomic E-state index is 13.3. The van der Waals surface area contributed by atoms with Gasteiger partial charge in [0.25, 0.3) is 5.91 Å². The highest BCUT2D eigenvalue weighted by Crippen LogP contribution is 2.19. The Morgan fingerprint density at radius 3 is 2.95 bits per heavy atom. The number of amides is 1. The second-order valence-electron chi connectivity index (χ2n) is 4.41. The van der Waals surface area contributed by atoms with Crippen molar-refractivity contribution in [2.45, 2.75) is 13.3 Å². The molecule has 0 aliphatic carbocycles. The van der Waals surface area contributed by atoms with Crippen molar-refractivity contribution in [3.05, 3.63) is 51.5 Å². The Morgan fingerprint density at radius 2 is 2.24 bits per heavy atom. The van der Waals surface area contributed by atoms with Gasteiger partial charge in [0.1, 0.15) is 10.7 Å². The van der Waals surface area contributed by atoms with Crippen molar-refractivity contribution in [1.29, 1.82) is 0 Å². The number of benzene rings is 1. The van der Waals surface area contributed by atoms with E-state index in [-0.39, 0.29) is 18.3 Å². The number of nitrogens with one attached hydrogen (secondary N) is 1. The number of hydrogen-bond donors (Lipinski definition) is 2. The van der Waals surface area contributed by atoms with Crippen LogP contribution >= 0.6 is 11.3 Å². The molecule has 1 amide bonds. The van der Waals surface area contributed by atoms with Crippen molar-refractivity contribution in [2.24, 2.45) is 0 Å². The van der Waals surface area contributed by atoms with Crippen LogP contribution in [0.15, 0.2) is 29.6 Å². The fourth-order valence-electron chi connectivity index (χ4n) is 1.79. The third kappa shape index (κ3) is 4.15. The van der Waals surface area contributed by atoms with Gasteiger partial charge in [-0.05, 0) is 42.1 Å². The standard InChI is InChI=1S/C16H14FNO2S/c1-11-8-13(17)10-14(9-11)18-16(20)15-12(5-7-21-15)4-2-3-6-19/h5,7-10,19H,3,6H2,1H3,(H,18,20). The van der Waals surface area contributed by atoms with Crippen LogP contribution in [0.4, 0.5) is 10.1 Å². The maximum absolute atomic E-state index is 13.3. The van der Waals surface area contributed by atoms with E-state index in [2.05, 4.69) is 17.2 Å². The lowest BCUT2D eigenvalue weighted by atomic mass is 10.2. The molecule has 1 aromatic heterocycles. The zero-order chi connectivity index (χ0) is 15.2. The molecule has 0 radical (unpaired) electrons. The lowest BCUT2D eigenvalue weighted by molar-refractivity contribution is 0.103. The van der Waals surface area contributed by atoms with Gasteiger partial charge in [-0.3, -0.25) is 4.79 Å². The van der Waals surface area contributed by atoms with Crippen LogP contribution in [0.25, 0.3) is 0 Å². The lowest BCUT2D eigenvalue weighted by Gasteiger charge is -2.05. The number of halogens is 1. The number of rotatable bonds is 3. The highest BCUT2D eigenvalue weighted by Gasteiger charge is 2.12. The molecular formula is C16H14FNO2S. The van der Waals surface area contributed by atoms with Gasteiger partial charge in [-0.15, -0.1) is 11.3 Å². The van der Waals surface area contributed by atoms with Gasteiger partial charge in [-0.2, -0.15) is 0 Å². The summed E-state index contributed by atoms with van der Waals surface area (Å²) in [6, 6.07) is 6.12. The van der Waals surface area contributed by atoms with Gasteiger partial charge in [0, 0.05) is 17.7 Å². The predicted octanol–water partition coefficient (Wildman–Crippen LogP) is 3.18. The molecule has 2 N–H and O–H groups in total. The summed E-state index contributed by atoms with van der Waals surface area (Å²) in [4.78, 5) is 12.7. The molecule has 108 valence electrons. The van der Waals surface area contributed by atoms with E-state index in [9.17, 15) is 9.18 Å². The molecule has 0 spiro atoms. The van der Waals surface area contributed by atoms with E-state index < -0.39 is 0 Å². The second kappa shape index (κ2) is 7.02. The van der Waals surface area contributed by atoms with Crippen LogP contribution in [0, 0.1) is 24.6 Å². The van der Waals surface area contributed by atoms with Crippen molar-refractivity contribution in [3.8, 4) is 11.8 Å². The van der Waals surface area contributed by atoms with Gasteiger partial charge in [0.05, 0.1) is 6.61 Å². The third-order valence-corrected chi connectivity index (χ3v) is 3.54. The second-order valence-corrected chi connectivity index (χ2v) is 5.33. The van der Waals surface area contributed by atoms with Gasteiger partial charge in [0.2, 0.25) is 0 Å². The molecule has 5 heteroatoms. The number of carbonyl (C=O) groups excluding carboxylic acids is 1. The smallest absolute Gasteiger partial charge is 0.267 e. The van der Waals surface area contributed by atoms with E-state index in [0.717, 1.165) is 5.56 Å². The van der Waals surface area contributed by atoms with E-state index >= 15 is 0 Å². The Labute approximate surface area is 126 Å². The molecule has 2 aromatic rings. The fourth-order valence-corrected chi connectivity index (χ4v) is 2.54. The minimum atomic E-state index is -0.389. The van der Waals surface area contributed by atoms with Crippen molar-refractivity contribution in [3.63, 3.8) is 0 Å². The molecule has 1 heterocycles. The molecule has 0 aliphatic rings. The van der Waals surface area contributed by atoms with Crippen molar-refractivity contribution < 1.29 is 14.3 Å². The first-order chi connectivity index (χ1) is 10.1. The summed E-state index contributed by atoms with van der Waals surface area (Å²) >= 11 is 1.27. The minimum Gasteiger partial charge on any atom is -0.395 e. The molecule has 0 saturated heterocycles. The van der Waals surface area contributed by atoms with Crippen LogP contribution in [0.2, 0.25) is 0 Å². The molecular weight excluding hydrogens is 289 g/mol. The summed E-state index contributed by atoms with van der Waals surface area (Å²) in [6.45, 7) is 1.75. The van der Waals surface area contributed by atoms with Gasteiger partial charge in [0.15, 0.2) is 0 Å². The topological polar surface area (TPSA) is 49.3 Å². The molecule has 0 aliphatic heterocycles. The molecule has 0 unspecified atom stereocenters. The molecule has 0 bridgehead atoms. The van der Waals surface area contributed by atoms with E-state index in [0.29, 0.717) is 22.5 Å². The highest BCUT2D eigenvalue weighted by atomic mass is 32.1. The molecule has 0 fully saturated rings. The van der Waals surface area contributed by atoms with Crippen LogP contribution in [-0.4, -0.2) is 17.6 Å². The summed E-state index contributed by atoms with van der Waals surface area (Å²) in [5.74, 6) is 4.92. The molecule has 0 saturated carbocycles. The first kappa shape index (κ1) is 15.2. The lowest BCUT2D eigenvalue weighted by Crippen LogP contribution is -2.11. The predicted molar refractivity (Wildman–Crippen MR) is 82.0 cm³/mol. The highest BCUT2D eigenvalue weighted by molar-refractivity contribution is 7.12. The van der Waals surface area contributed by atoms with E-state index in [1.54, 1.807) is 24.4 Å². The number of aliphatic hydroxyl groups is 1. The average Bonchev–Trinajstić information content (AvgIpc) is 2.86. The number of aliphatic hydroxyl groups excluding tert-OH is 1. The van der Waals surface area contributed by atoms with Crippen molar-refractivity contribution in [2.75, 3.05) is 11.9 Å². The summed E-state index contributed by atoms with van der Waals surface area (Å²) < 4.78 is 13.3. The number of carbonyl (C=O) groups is 1. The van der Waals surface area contributed by atoms with Crippen LogP contribution in [-0.2, 0) is 0 Å². The van der Waals surface area contributed by atoms with Crippen molar-refractivity contribution in [1.82, 2.24) is 0 Å². The largest absolute Gasteiger partial charge is 0.395 e. The summed E-state index contributed by atoms with van der Waals surface area (Å²) in [7, 11) is 0. The van der Waals surface area contributed by atoms with Crippen LogP contribution < -0.4 is 5.32 Å². The summed E-state index contributed by atoms with van der Waals surface area (Å²) in [5.41, 5.74) is 1.76. The van der Waals surface area contributed by atoms with E-state index in [4.69, 9.17) is 5.11 Å². The van der Waals surface area contributed by atoms with Crippen LogP contribution in [0.3, 0.4) is 0 Å². The van der Waals surface area contributed by atoms with Gasteiger partial charge in [-0.1, -0.05) is 11.8 Å². The molecule has 21 heavy (non-hydrogen) atoms. The maximum Gasteiger partial charge on any atom is 0.267 e. The molecule has 1 aromatic carbocycles. The quantitative estimate of drug-likeness (QED) is 0.856. The fraction of sp³-hybridized carbons (Fsp3) is 0.188. The Bertz CT molecular complexity index is 692. The van der Waals surface area contributed by atoms with Gasteiger partial charge in [-0.25, -0.2) is 4.39 Å². The number of aryl methyl sites for hydroxylation is 1. The normalized spacial score (nSPS) is 9.86. The monoisotopic (exact) mass is 303 g/mol.